The van der Waals surface area contributed by atoms with Gasteiger partial charge in [-0.1, -0.05) is 18.2 Å². The van der Waals surface area contributed by atoms with Gasteiger partial charge in [-0.2, -0.15) is 15.6 Å². The van der Waals surface area contributed by atoms with Crippen molar-refractivity contribution in [1.29, 1.82) is 10.5 Å². The molecule has 0 spiro atoms. The summed E-state index contributed by atoms with van der Waals surface area (Å²) in [5.74, 6) is 0.213. The fourth-order valence-electron chi connectivity index (χ4n) is 3.56. The Morgan fingerprint density at radius 1 is 1.17 bits per heavy atom. The second-order valence-electron chi connectivity index (χ2n) is 6.99. The number of benzene rings is 2. The molecule has 0 radical (unpaired) electrons. The van der Waals surface area contributed by atoms with E-state index in [4.69, 9.17) is 11.0 Å². The number of nitrogens with one attached hydrogen (secondary N) is 1. The first-order valence-corrected chi connectivity index (χ1v) is 9.20. The van der Waals surface area contributed by atoms with Gasteiger partial charge >= 0.3 is 0 Å². The average molecular weight is 382 g/mol. The van der Waals surface area contributed by atoms with Gasteiger partial charge < -0.3 is 10.6 Å². The number of aromatic nitrogens is 2. The molecular formula is C22H18N6O. The zero-order chi connectivity index (χ0) is 20.4. The number of hydrogen-bond donors (Lipinski definition) is 2. The van der Waals surface area contributed by atoms with Gasteiger partial charge in [-0.3, -0.25) is 9.89 Å². The predicted molar refractivity (Wildman–Crippen MR) is 106 cm³/mol. The van der Waals surface area contributed by atoms with Gasteiger partial charge in [-0.05, 0) is 35.4 Å². The maximum absolute atomic E-state index is 12.9. The zero-order valence-electron chi connectivity index (χ0n) is 15.6. The first kappa shape index (κ1) is 18.4. The number of carbonyl (C=O) groups excluding carboxylic acids is 1. The summed E-state index contributed by atoms with van der Waals surface area (Å²) in [6.07, 6.45) is 1.46. The molecule has 0 atom stereocenters. The van der Waals surface area contributed by atoms with Crippen LogP contribution in [0.4, 0.5) is 0 Å². The Bertz CT molecular complexity index is 1140. The number of hydrogen-bond acceptors (Lipinski definition) is 5. The molecular weight excluding hydrogens is 364 g/mol. The average Bonchev–Trinajstić information content (AvgIpc) is 3.21. The van der Waals surface area contributed by atoms with E-state index in [0.717, 1.165) is 16.7 Å². The number of likely N-dealkylation sites (tertiary alicyclic amines) is 1. The van der Waals surface area contributed by atoms with Crippen molar-refractivity contribution in [2.24, 2.45) is 5.73 Å². The van der Waals surface area contributed by atoms with E-state index in [-0.39, 0.29) is 18.4 Å². The maximum atomic E-state index is 12.9. The third kappa shape index (κ3) is 3.36. The van der Waals surface area contributed by atoms with Crippen LogP contribution in [0.5, 0.6) is 0 Å². The number of amides is 1. The summed E-state index contributed by atoms with van der Waals surface area (Å²) in [5, 5.41) is 25.0. The Hall–Kier alpha value is -3.94. The molecule has 2 aromatic carbocycles. The fraction of sp³-hybridized carbons (Fsp3) is 0.182. The second-order valence-corrected chi connectivity index (χ2v) is 6.99. The van der Waals surface area contributed by atoms with E-state index in [9.17, 15) is 10.1 Å². The lowest BCUT2D eigenvalue weighted by Gasteiger charge is -2.39. The third-order valence-electron chi connectivity index (χ3n) is 5.29. The Balaban J connectivity index is 1.53. The first-order valence-electron chi connectivity index (χ1n) is 9.20. The molecule has 3 N–H and O–H groups in total. The van der Waals surface area contributed by atoms with Gasteiger partial charge in [-0.25, -0.2) is 0 Å². The van der Waals surface area contributed by atoms with Gasteiger partial charge in [0.1, 0.15) is 6.07 Å². The van der Waals surface area contributed by atoms with Gasteiger partial charge in [0.2, 0.25) is 0 Å². The van der Waals surface area contributed by atoms with E-state index >= 15 is 0 Å². The summed E-state index contributed by atoms with van der Waals surface area (Å²) in [7, 11) is 0. The summed E-state index contributed by atoms with van der Waals surface area (Å²) >= 11 is 0. The van der Waals surface area contributed by atoms with Gasteiger partial charge in [0, 0.05) is 36.7 Å². The Kier molecular flexibility index (Phi) is 4.82. The summed E-state index contributed by atoms with van der Waals surface area (Å²) in [6.45, 7) is 1.55. The van der Waals surface area contributed by atoms with Crippen LogP contribution in [0.2, 0.25) is 0 Å². The topological polar surface area (TPSA) is 123 Å². The lowest BCUT2D eigenvalue weighted by molar-refractivity contribution is 0.0602. The SMILES string of the molecule is N#Cc1ccc(C2CN(C(=O)c3ccc(CN)c(-c4[nH]ncc4C#N)c3)C2)cc1. The van der Waals surface area contributed by atoms with Crippen molar-refractivity contribution >= 4 is 5.91 Å². The Labute approximate surface area is 168 Å². The van der Waals surface area contributed by atoms with Crippen LogP contribution < -0.4 is 5.73 Å². The van der Waals surface area contributed by atoms with Gasteiger partial charge in [0.05, 0.1) is 29.1 Å². The molecule has 1 aliphatic heterocycles. The molecule has 29 heavy (non-hydrogen) atoms. The standard InChI is InChI=1S/C22H18N6O/c23-8-14-1-3-15(4-2-14)19-12-28(13-19)22(29)16-5-6-17(9-24)20(7-16)21-18(10-25)11-26-27-21/h1-7,11,19H,9,12-13,24H2,(H,26,27). The van der Waals surface area contributed by atoms with E-state index in [1.54, 1.807) is 29.2 Å². The van der Waals surface area contributed by atoms with Crippen molar-refractivity contribution in [2.75, 3.05) is 13.1 Å². The summed E-state index contributed by atoms with van der Waals surface area (Å²) in [5.41, 5.74) is 10.7. The highest BCUT2D eigenvalue weighted by Crippen LogP contribution is 2.31. The van der Waals surface area contributed by atoms with E-state index in [1.807, 2.05) is 18.2 Å². The van der Waals surface area contributed by atoms with Crippen LogP contribution in [0.3, 0.4) is 0 Å². The number of carbonyl (C=O) groups is 1. The number of nitrogens with two attached hydrogens (primary N) is 1. The zero-order valence-corrected chi connectivity index (χ0v) is 15.6. The predicted octanol–water partition coefficient (Wildman–Crippen LogP) is 2.52. The Morgan fingerprint density at radius 2 is 1.93 bits per heavy atom. The molecule has 1 fully saturated rings. The van der Waals surface area contributed by atoms with E-state index in [1.165, 1.54) is 6.20 Å². The van der Waals surface area contributed by atoms with Crippen molar-refractivity contribution in [3.63, 3.8) is 0 Å². The second kappa shape index (κ2) is 7.59. The lowest BCUT2D eigenvalue weighted by Crippen LogP contribution is -2.48. The molecule has 0 saturated carbocycles. The van der Waals surface area contributed by atoms with Crippen LogP contribution in [-0.2, 0) is 6.54 Å². The molecule has 7 nitrogen and oxygen atoms in total. The molecule has 3 aromatic rings. The van der Waals surface area contributed by atoms with Crippen molar-refractivity contribution < 1.29 is 4.79 Å². The molecule has 0 bridgehead atoms. The molecule has 0 unspecified atom stereocenters. The molecule has 1 saturated heterocycles. The molecule has 2 heterocycles. The number of aromatic amines is 1. The van der Waals surface area contributed by atoms with E-state index in [0.29, 0.717) is 35.5 Å². The van der Waals surface area contributed by atoms with Crippen LogP contribution in [0, 0.1) is 22.7 Å². The van der Waals surface area contributed by atoms with Crippen LogP contribution in [-0.4, -0.2) is 34.1 Å². The maximum Gasteiger partial charge on any atom is 0.253 e. The number of nitriles is 2. The fourth-order valence-corrected chi connectivity index (χ4v) is 3.56. The smallest absolute Gasteiger partial charge is 0.253 e. The van der Waals surface area contributed by atoms with Crippen molar-refractivity contribution in [3.8, 4) is 23.4 Å². The molecule has 1 amide bonds. The normalized spacial score (nSPS) is 13.4. The summed E-state index contributed by atoms with van der Waals surface area (Å²) < 4.78 is 0. The number of nitrogens with zero attached hydrogens (tertiary/aromatic N) is 4. The molecule has 1 aromatic heterocycles. The number of rotatable bonds is 4. The quantitative estimate of drug-likeness (QED) is 0.718. The van der Waals surface area contributed by atoms with Gasteiger partial charge in [0.25, 0.3) is 5.91 Å². The van der Waals surface area contributed by atoms with Crippen molar-refractivity contribution in [1.82, 2.24) is 15.1 Å². The van der Waals surface area contributed by atoms with Gasteiger partial charge in [-0.15, -0.1) is 0 Å². The molecule has 142 valence electrons. The molecule has 0 aliphatic carbocycles. The number of H-pyrrole nitrogens is 1. The highest BCUT2D eigenvalue weighted by Gasteiger charge is 2.32. The van der Waals surface area contributed by atoms with E-state index < -0.39 is 0 Å². The molecule has 7 heteroatoms. The molecule has 1 aliphatic rings. The largest absolute Gasteiger partial charge is 0.337 e. The monoisotopic (exact) mass is 382 g/mol. The van der Waals surface area contributed by atoms with Crippen LogP contribution in [0.25, 0.3) is 11.3 Å². The van der Waals surface area contributed by atoms with Crippen molar-refractivity contribution in [3.05, 3.63) is 76.5 Å². The highest BCUT2D eigenvalue weighted by atomic mass is 16.2. The highest BCUT2D eigenvalue weighted by molar-refractivity contribution is 5.96. The first-order chi connectivity index (χ1) is 14.1. The minimum Gasteiger partial charge on any atom is -0.337 e. The van der Waals surface area contributed by atoms with Crippen LogP contribution in [0.15, 0.2) is 48.7 Å². The van der Waals surface area contributed by atoms with Gasteiger partial charge in [0.15, 0.2) is 0 Å². The van der Waals surface area contributed by atoms with E-state index in [2.05, 4.69) is 22.3 Å². The van der Waals surface area contributed by atoms with Crippen LogP contribution >= 0.6 is 0 Å². The van der Waals surface area contributed by atoms with Crippen LogP contribution in [0.1, 0.15) is 38.5 Å². The summed E-state index contributed by atoms with van der Waals surface area (Å²) in [6, 6.07) is 17.1. The van der Waals surface area contributed by atoms with Crippen molar-refractivity contribution in [2.45, 2.75) is 12.5 Å². The Morgan fingerprint density at radius 3 is 2.59 bits per heavy atom. The molecule has 4 rings (SSSR count). The minimum absolute atomic E-state index is 0.0576. The third-order valence-corrected chi connectivity index (χ3v) is 5.29. The minimum atomic E-state index is -0.0576. The summed E-state index contributed by atoms with van der Waals surface area (Å²) in [4.78, 5) is 14.7. The lowest BCUT2D eigenvalue weighted by atomic mass is 9.90.